The molecule has 2 atom stereocenters. The van der Waals surface area contributed by atoms with E-state index >= 15 is 0 Å². The molecule has 2 N–H and O–H groups in total. The quantitative estimate of drug-likeness (QED) is 0.804. The minimum absolute atomic E-state index is 0.114. The molecule has 3 heteroatoms. The topological polar surface area (TPSA) is 49.3 Å². The van der Waals surface area contributed by atoms with E-state index in [-0.39, 0.29) is 29.9 Å². The summed E-state index contributed by atoms with van der Waals surface area (Å²) >= 11 is 0. The smallest absolute Gasteiger partial charge is 0.226 e. The zero-order chi connectivity index (χ0) is 13.9. The molecule has 2 aliphatic rings. The molecule has 0 saturated heterocycles. The molecule has 2 unspecified atom stereocenters. The van der Waals surface area contributed by atoms with Crippen molar-refractivity contribution in [3.63, 3.8) is 0 Å². The first-order chi connectivity index (χ1) is 9.07. The Kier molecular flexibility index (Phi) is 4.88. The minimum Gasteiger partial charge on any atom is -0.396 e. The van der Waals surface area contributed by atoms with Crippen LogP contribution < -0.4 is 5.32 Å². The number of hydrogen-bond acceptors (Lipinski definition) is 2. The molecule has 0 aromatic rings. The second kappa shape index (κ2) is 6.25. The first kappa shape index (κ1) is 14.8. The van der Waals surface area contributed by atoms with Gasteiger partial charge in [-0.15, -0.1) is 0 Å². The number of aliphatic hydroxyl groups is 1. The van der Waals surface area contributed by atoms with Gasteiger partial charge in [-0.05, 0) is 38.0 Å². The Morgan fingerprint density at radius 3 is 2.53 bits per heavy atom. The molecule has 0 radical (unpaired) electrons. The van der Waals surface area contributed by atoms with Crippen LogP contribution in [0.3, 0.4) is 0 Å². The summed E-state index contributed by atoms with van der Waals surface area (Å²) in [6.45, 7) is 4.63. The monoisotopic (exact) mass is 267 g/mol. The molecule has 1 amide bonds. The van der Waals surface area contributed by atoms with E-state index < -0.39 is 0 Å². The van der Waals surface area contributed by atoms with E-state index in [4.69, 9.17) is 0 Å². The molecule has 0 aromatic carbocycles. The molecule has 2 aliphatic carbocycles. The molecule has 110 valence electrons. The fourth-order valence-corrected chi connectivity index (χ4v) is 4.12. The molecule has 0 aliphatic heterocycles. The van der Waals surface area contributed by atoms with Gasteiger partial charge in [0.25, 0.3) is 0 Å². The fraction of sp³-hybridized carbons (Fsp3) is 0.938. The van der Waals surface area contributed by atoms with Gasteiger partial charge in [-0.25, -0.2) is 0 Å². The van der Waals surface area contributed by atoms with Crippen molar-refractivity contribution in [2.24, 2.45) is 17.3 Å². The summed E-state index contributed by atoms with van der Waals surface area (Å²) in [6.07, 6.45) is 8.71. The number of hydrogen-bond donors (Lipinski definition) is 2. The van der Waals surface area contributed by atoms with Crippen LogP contribution in [-0.2, 0) is 4.79 Å². The average molecular weight is 267 g/mol. The predicted molar refractivity (Wildman–Crippen MR) is 76.7 cm³/mol. The van der Waals surface area contributed by atoms with Gasteiger partial charge in [-0.2, -0.15) is 0 Å². The normalized spacial score (nSPS) is 29.9. The first-order valence-electron chi connectivity index (χ1n) is 7.99. The van der Waals surface area contributed by atoms with Gasteiger partial charge in [0, 0.05) is 24.0 Å². The third-order valence-corrected chi connectivity index (χ3v) is 5.05. The van der Waals surface area contributed by atoms with Crippen LogP contribution in [-0.4, -0.2) is 23.7 Å². The number of carbonyl (C=O) groups is 1. The molecule has 3 nitrogen and oxygen atoms in total. The van der Waals surface area contributed by atoms with E-state index in [1.807, 2.05) is 0 Å². The van der Waals surface area contributed by atoms with Crippen molar-refractivity contribution < 1.29 is 9.90 Å². The lowest BCUT2D eigenvalue weighted by molar-refractivity contribution is -0.132. The van der Waals surface area contributed by atoms with Crippen molar-refractivity contribution in [1.82, 2.24) is 5.32 Å². The van der Waals surface area contributed by atoms with Gasteiger partial charge in [0.05, 0.1) is 0 Å². The largest absolute Gasteiger partial charge is 0.396 e. The lowest BCUT2D eigenvalue weighted by atomic mass is 9.77. The standard InChI is InChI=1S/C16H29NO2/c1-12(2)10-16(8-3-4-9-16)15(19)17-14-7-5-6-13(14)11-18/h12-14,18H,3-11H2,1-2H3,(H,17,19). The highest BCUT2D eigenvalue weighted by molar-refractivity contribution is 5.83. The van der Waals surface area contributed by atoms with Crippen LogP contribution in [0.25, 0.3) is 0 Å². The van der Waals surface area contributed by atoms with Gasteiger partial charge in [0.15, 0.2) is 0 Å². The number of aliphatic hydroxyl groups excluding tert-OH is 1. The van der Waals surface area contributed by atoms with Crippen LogP contribution in [0.5, 0.6) is 0 Å². The molecule has 0 aromatic heterocycles. The molecule has 0 spiro atoms. The number of rotatable bonds is 5. The van der Waals surface area contributed by atoms with Gasteiger partial charge in [-0.1, -0.05) is 33.1 Å². The Balaban J connectivity index is 1.99. The van der Waals surface area contributed by atoms with Crippen LogP contribution in [0.2, 0.25) is 0 Å². The Hall–Kier alpha value is -0.570. The zero-order valence-corrected chi connectivity index (χ0v) is 12.5. The highest BCUT2D eigenvalue weighted by atomic mass is 16.3. The molecular formula is C16H29NO2. The van der Waals surface area contributed by atoms with Crippen molar-refractivity contribution in [2.45, 2.75) is 71.3 Å². The second-order valence-electron chi connectivity index (χ2n) is 7.04. The number of nitrogens with one attached hydrogen (secondary N) is 1. The van der Waals surface area contributed by atoms with Gasteiger partial charge in [0.1, 0.15) is 0 Å². The van der Waals surface area contributed by atoms with Crippen LogP contribution >= 0.6 is 0 Å². The van der Waals surface area contributed by atoms with Crippen molar-refractivity contribution in [1.29, 1.82) is 0 Å². The number of carbonyl (C=O) groups excluding carboxylic acids is 1. The van der Waals surface area contributed by atoms with Crippen molar-refractivity contribution >= 4 is 5.91 Å². The fourth-order valence-electron chi connectivity index (χ4n) is 4.12. The molecular weight excluding hydrogens is 238 g/mol. The zero-order valence-electron chi connectivity index (χ0n) is 12.5. The summed E-state index contributed by atoms with van der Waals surface area (Å²) in [7, 11) is 0. The molecule has 2 fully saturated rings. The van der Waals surface area contributed by atoms with Crippen LogP contribution in [0, 0.1) is 17.3 Å². The number of amides is 1. The lowest BCUT2D eigenvalue weighted by Gasteiger charge is -2.32. The molecule has 0 bridgehead atoms. The summed E-state index contributed by atoms with van der Waals surface area (Å²) < 4.78 is 0. The average Bonchev–Trinajstić information content (AvgIpc) is 2.98. The van der Waals surface area contributed by atoms with Crippen LogP contribution in [0.4, 0.5) is 0 Å². The summed E-state index contributed by atoms with van der Waals surface area (Å²) in [4.78, 5) is 12.7. The maximum Gasteiger partial charge on any atom is 0.226 e. The van der Waals surface area contributed by atoms with Gasteiger partial charge in [-0.3, -0.25) is 4.79 Å². The Morgan fingerprint density at radius 2 is 1.95 bits per heavy atom. The molecule has 19 heavy (non-hydrogen) atoms. The highest BCUT2D eigenvalue weighted by Crippen LogP contribution is 2.43. The Bertz CT molecular complexity index is 308. The van der Waals surface area contributed by atoms with Crippen LogP contribution in [0.1, 0.15) is 65.2 Å². The maximum absolute atomic E-state index is 12.7. The van der Waals surface area contributed by atoms with Gasteiger partial charge in [0.2, 0.25) is 5.91 Å². The Morgan fingerprint density at radius 1 is 1.26 bits per heavy atom. The van der Waals surface area contributed by atoms with E-state index in [0.717, 1.165) is 38.5 Å². The van der Waals surface area contributed by atoms with E-state index in [0.29, 0.717) is 5.92 Å². The SMILES string of the molecule is CC(C)CC1(C(=O)NC2CCCC2CO)CCCC1. The summed E-state index contributed by atoms with van der Waals surface area (Å²) in [6, 6.07) is 0.210. The van der Waals surface area contributed by atoms with E-state index in [1.54, 1.807) is 0 Å². The third-order valence-electron chi connectivity index (χ3n) is 5.05. The minimum atomic E-state index is -0.114. The molecule has 2 saturated carbocycles. The van der Waals surface area contributed by atoms with Crippen molar-refractivity contribution in [3.8, 4) is 0 Å². The molecule has 0 heterocycles. The summed E-state index contributed by atoms with van der Waals surface area (Å²) in [5.41, 5.74) is -0.114. The van der Waals surface area contributed by atoms with Gasteiger partial charge < -0.3 is 10.4 Å². The van der Waals surface area contributed by atoms with Crippen LogP contribution in [0.15, 0.2) is 0 Å². The summed E-state index contributed by atoms with van der Waals surface area (Å²) in [5, 5.41) is 12.6. The highest BCUT2D eigenvalue weighted by Gasteiger charge is 2.42. The van der Waals surface area contributed by atoms with E-state index in [2.05, 4.69) is 19.2 Å². The van der Waals surface area contributed by atoms with E-state index in [1.165, 1.54) is 12.8 Å². The van der Waals surface area contributed by atoms with E-state index in [9.17, 15) is 9.90 Å². The van der Waals surface area contributed by atoms with Crippen molar-refractivity contribution in [3.05, 3.63) is 0 Å². The first-order valence-corrected chi connectivity index (χ1v) is 7.99. The lowest BCUT2D eigenvalue weighted by Crippen LogP contribution is -2.46. The molecule has 2 rings (SSSR count). The van der Waals surface area contributed by atoms with Crippen molar-refractivity contribution in [2.75, 3.05) is 6.61 Å². The second-order valence-corrected chi connectivity index (χ2v) is 7.04. The maximum atomic E-state index is 12.7. The van der Waals surface area contributed by atoms with Gasteiger partial charge >= 0.3 is 0 Å². The summed E-state index contributed by atoms with van der Waals surface area (Å²) in [5.74, 6) is 1.12. The third kappa shape index (κ3) is 3.31. The predicted octanol–water partition coefficient (Wildman–Crippen LogP) is 2.87. The Labute approximate surface area is 117 Å².